The van der Waals surface area contributed by atoms with Crippen molar-refractivity contribution in [2.75, 3.05) is 48.7 Å². The Balaban J connectivity index is 1.31. The van der Waals surface area contributed by atoms with Gasteiger partial charge in [-0.2, -0.15) is 0 Å². The number of nitrogens with zero attached hydrogens (tertiary/aromatic N) is 3. The summed E-state index contributed by atoms with van der Waals surface area (Å²) in [7, 11) is 2.01. The fraction of sp³-hybridized carbons (Fsp3) is 0.364. The largest absolute Gasteiger partial charge is 0.369 e. The first-order chi connectivity index (χ1) is 14.1. The summed E-state index contributed by atoms with van der Waals surface area (Å²) in [6.45, 7) is 7.65. The van der Waals surface area contributed by atoms with Gasteiger partial charge in [-0.25, -0.2) is 9.55 Å². The van der Waals surface area contributed by atoms with E-state index in [4.69, 9.17) is 0 Å². The van der Waals surface area contributed by atoms with Gasteiger partial charge >= 0.3 is 5.16 Å². The molecule has 0 spiro atoms. The summed E-state index contributed by atoms with van der Waals surface area (Å²) in [6, 6.07) is 16.3. The van der Waals surface area contributed by atoms with Crippen LogP contribution in [-0.4, -0.2) is 54.3 Å². The van der Waals surface area contributed by atoms with Gasteiger partial charge in [-0.3, -0.25) is 4.79 Å². The number of hydrogen-bond donors (Lipinski definition) is 2. The normalized spacial score (nSPS) is 15.0. The van der Waals surface area contributed by atoms with E-state index in [0.717, 1.165) is 54.6 Å². The summed E-state index contributed by atoms with van der Waals surface area (Å²) in [5, 5.41) is 3.98. The van der Waals surface area contributed by atoms with E-state index in [1.807, 2.05) is 37.4 Å². The van der Waals surface area contributed by atoms with Crippen LogP contribution in [0.1, 0.15) is 6.92 Å². The van der Waals surface area contributed by atoms with E-state index in [1.54, 1.807) is 0 Å². The summed E-state index contributed by atoms with van der Waals surface area (Å²) in [4.78, 5) is 20.6. The summed E-state index contributed by atoms with van der Waals surface area (Å²) in [5.74, 6) is 0.361. The van der Waals surface area contributed by atoms with Gasteiger partial charge in [0.15, 0.2) is 11.0 Å². The van der Waals surface area contributed by atoms with E-state index < -0.39 is 0 Å². The van der Waals surface area contributed by atoms with Crippen molar-refractivity contribution in [3.63, 3.8) is 0 Å². The number of carbonyl (C=O) groups is 1. The van der Waals surface area contributed by atoms with Crippen LogP contribution in [0.5, 0.6) is 0 Å². The molecule has 1 fully saturated rings. The molecule has 1 saturated heterocycles. The molecule has 0 aliphatic carbocycles. The average molecular weight is 411 g/mol. The third kappa shape index (κ3) is 4.57. The van der Waals surface area contributed by atoms with Gasteiger partial charge in [-0.15, -0.1) is 0 Å². The predicted molar refractivity (Wildman–Crippen MR) is 120 cm³/mol. The number of piperazine rings is 1. The van der Waals surface area contributed by atoms with Crippen LogP contribution < -0.4 is 14.8 Å². The number of likely N-dealkylation sites (N-methyl/N-ethyl adjacent to an activating group) is 1. The Labute approximate surface area is 175 Å². The fourth-order valence-corrected chi connectivity index (χ4v) is 4.54. The molecular weight excluding hydrogens is 382 g/mol. The minimum Gasteiger partial charge on any atom is -0.369 e. The maximum absolute atomic E-state index is 12.4. The Bertz CT molecular complexity index is 977. The number of carbonyl (C=O) groups excluding carboxylic acids is 1. The summed E-state index contributed by atoms with van der Waals surface area (Å²) < 4.78 is 2.08. The Morgan fingerprint density at radius 1 is 1.10 bits per heavy atom. The lowest BCUT2D eigenvalue weighted by atomic mass is 10.2. The number of hydrogen-bond acceptors (Lipinski definition) is 4. The van der Waals surface area contributed by atoms with Crippen LogP contribution in [0.2, 0.25) is 0 Å². The zero-order chi connectivity index (χ0) is 20.2. The van der Waals surface area contributed by atoms with Gasteiger partial charge < -0.3 is 15.1 Å². The molecule has 152 valence electrons. The Hall–Kier alpha value is -2.51. The minimum atomic E-state index is -0.00188. The van der Waals surface area contributed by atoms with Crippen LogP contribution in [0.4, 0.5) is 11.4 Å². The van der Waals surface area contributed by atoms with Crippen LogP contribution >= 0.6 is 11.8 Å². The molecule has 1 aliphatic heterocycles. The molecule has 3 aromatic rings. The smallest absolute Gasteiger partial charge is 0.317 e. The second-order valence-electron chi connectivity index (χ2n) is 7.31. The van der Waals surface area contributed by atoms with E-state index in [-0.39, 0.29) is 5.91 Å². The lowest BCUT2D eigenvalue weighted by Gasteiger charge is -2.35. The van der Waals surface area contributed by atoms with Crippen molar-refractivity contribution in [3.8, 4) is 0 Å². The van der Waals surface area contributed by atoms with Gasteiger partial charge in [0.05, 0.1) is 12.8 Å². The van der Waals surface area contributed by atoms with Crippen molar-refractivity contribution in [1.29, 1.82) is 0 Å². The second-order valence-corrected chi connectivity index (χ2v) is 8.28. The van der Waals surface area contributed by atoms with Gasteiger partial charge in [0.2, 0.25) is 5.91 Å². The van der Waals surface area contributed by atoms with Crippen LogP contribution in [0.3, 0.4) is 0 Å². The minimum absolute atomic E-state index is 0.00188. The highest BCUT2D eigenvalue weighted by atomic mass is 32.2. The molecule has 1 amide bonds. The first kappa shape index (κ1) is 19.8. The topological polar surface area (TPSA) is 55.2 Å². The van der Waals surface area contributed by atoms with E-state index in [9.17, 15) is 4.79 Å². The number of imidazole rings is 1. The predicted octanol–water partition coefficient (Wildman–Crippen LogP) is 2.87. The number of para-hydroxylation sites is 2. The summed E-state index contributed by atoms with van der Waals surface area (Å²) >= 11 is 1.51. The van der Waals surface area contributed by atoms with Crippen molar-refractivity contribution >= 4 is 40.1 Å². The molecule has 0 saturated carbocycles. The number of thioether (sulfide) groups is 1. The number of aryl methyl sites for hydroxylation is 1. The standard InChI is InChI=1S/C22H27N5OS/c1-3-26-12-14-27(15-13-26)18-10-8-17(9-11-18)23-21(28)16-29-22-24-19-6-4-5-7-20(19)25(22)2/h4-11H,3,12-16H2,1-2H3,(H,23,28)/p+1. The number of amides is 1. The number of nitrogens with one attached hydrogen (secondary N) is 2. The SMILES string of the molecule is CCN1CCN(c2ccc(NC(=O)CSc3[nH]c4ccccc4[n+]3C)cc2)CC1. The highest BCUT2D eigenvalue weighted by Crippen LogP contribution is 2.21. The Morgan fingerprint density at radius 2 is 1.83 bits per heavy atom. The van der Waals surface area contributed by atoms with Gasteiger partial charge in [-0.05, 0) is 54.7 Å². The second kappa shape index (κ2) is 8.88. The number of aromatic nitrogens is 2. The molecule has 0 atom stereocenters. The molecule has 1 aromatic heterocycles. The molecule has 7 heteroatoms. The van der Waals surface area contributed by atoms with Crippen LogP contribution in [0.15, 0.2) is 53.7 Å². The molecule has 0 bridgehead atoms. The van der Waals surface area contributed by atoms with E-state index in [1.165, 1.54) is 17.4 Å². The first-order valence-electron chi connectivity index (χ1n) is 10.1. The highest BCUT2D eigenvalue weighted by molar-refractivity contribution is 7.99. The van der Waals surface area contributed by atoms with E-state index >= 15 is 0 Å². The van der Waals surface area contributed by atoms with Crippen molar-refractivity contribution in [3.05, 3.63) is 48.5 Å². The molecule has 1 aliphatic rings. The highest BCUT2D eigenvalue weighted by Gasteiger charge is 2.18. The Morgan fingerprint density at radius 3 is 2.52 bits per heavy atom. The fourth-order valence-electron chi connectivity index (χ4n) is 3.72. The molecular formula is C22H28N5OS+. The average Bonchev–Trinajstić information content (AvgIpc) is 3.09. The molecule has 2 heterocycles. The number of fused-ring (bicyclic) bond motifs is 1. The van der Waals surface area contributed by atoms with Crippen LogP contribution in [-0.2, 0) is 11.8 Å². The van der Waals surface area contributed by atoms with E-state index in [0.29, 0.717) is 5.75 Å². The monoisotopic (exact) mass is 410 g/mol. The number of anilines is 2. The molecule has 0 unspecified atom stereocenters. The number of H-pyrrole nitrogens is 1. The molecule has 29 heavy (non-hydrogen) atoms. The van der Waals surface area contributed by atoms with Gasteiger partial charge in [0.25, 0.3) is 0 Å². The molecule has 6 nitrogen and oxygen atoms in total. The van der Waals surface area contributed by atoms with Crippen LogP contribution in [0.25, 0.3) is 11.0 Å². The lowest BCUT2D eigenvalue weighted by Crippen LogP contribution is -2.46. The Kier molecular flexibility index (Phi) is 6.06. The van der Waals surface area contributed by atoms with Crippen molar-refractivity contribution in [2.45, 2.75) is 12.1 Å². The molecule has 2 N–H and O–H groups in total. The zero-order valence-electron chi connectivity index (χ0n) is 17.0. The maximum Gasteiger partial charge on any atom is 0.317 e. The summed E-state index contributed by atoms with van der Waals surface area (Å²) in [5.41, 5.74) is 4.27. The third-order valence-corrected chi connectivity index (χ3v) is 6.54. The van der Waals surface area contributed by atoms with Crippen molar-refractivity contribution in [2.24, 2.45) is 7.05 Å². The lowest BCUT2D eigenvalue weighted by molar-refractivity contribution is -0.683. The van der Waals surface area contributed by atoms with Gasteiger partial charge in [0.1, 0.15) is 0 Å². The molecule has 0 radical (unpaired) electrons. The van der Waals surface area contributed by atoms with Gasteiger partial charge in [0, 0.05) is 37.6 Å². The number of rotatable bonds is 6. The molecule has 4 rings (SSSR count). The number of aromatic amines is 1. The quantitative estimate of drug-likeness (QED) is 0.485. The van der Waals surface area contributed by atoms with Crippen LogP contribution in [0, 0.1) is 0 Å². The third-order valence-electron chi connectivity index (χ3n) is 5.49. The summed E-state index contributed by atoms with van der Waals surface area (Å²) in [6.07, 6.45) is 0. The molecule has 2 aromatic carbocycles. The van der Waals surface area contributed by atoms with Crippen molar-refractivity contribution < 1.29 is 9.36 Å². The maximum atomic E-state index is 12.4. The zero-order valence-corrected chi connectivity index (χ0v) is 17.8. The van der Waals surface area contributed by atoms with Crippen molar-refractivity contribution in [1.82, 2.24) is 9.88 Å². The van der Waals surface area contributed by atoms with E-state index in [2.05, 4.69) is 49.8 Å². The van der Waals surface area contributed by atoms with Gasteiger partial charge in [-0.1, -0.05) is 19.1 Å². The first-order valence-corrected chi connectivity index (χ1v) is 11.1. The number of benzene rings is 2.